The highest BCUT2D eigenvalue weighted by molar-refractivity contribution is 7.23. The van der Waals surface area contributed by atoms with Gasteiger partial charge in [-0.05, 0) is 25.9 Å². The number of nitrogen functional groups attached to an aromatic ring is 1. The number of thiazole rings is 1. The van der Waals surface area contributed by atoms with E-state index in [1.165, 1.54) is 42.3 Å². The minimum absolute atomic E-state index is 0.511. The Labute approximate surface area is 114 Å². The van der Waals surface area contributed by atoms with E-state index in [1.807, 2.05) is 6.20 Å². The van der Waals surface area contributed by atoms with Crippen molar-refractivity contribution < 1.29 is 0 Å². The molecule has 1 saturated heterocycles. The van der Waals surface area contributed by atoms with Crippen molar-refractivity contribution in [1.82, 2.24) is 20.1 Å². The van der Waals surface area contributed by atoms with Crippen molar-refractivity contribution >= 4 is 27.8 Å². The number of aromatic nitrogens is 3. The number of hydrogen-bond donors (Lipinski definition) is 1. The molecule has 2 aromatic rings. The molecule has 0 aliphatic carbocycles. The summed E-state index contributed by atoms with van der Waals surface area (Å²) in [6.45, 7) is 3.60. The number of anilines is 1. The van der Waals surface area contributed by atoms with Gasteiger partial charge in [-0.25, -0.2) is 4.98 Å². The molecule has 0 atom stereocenters. The molecule has 7 heteroatoms. The Morgan fingerprint density at radius 3 is 2.78 bits per heavy atom. The van der Waals surface area contributed by atoms with Crippen molar-refractivity contribution in [2.24, 2.45) is 0 Å². The van der Waals surface area contributed by atoms with Gasteiger partial charge in [-0.2, -0.15) is 0 Å². The van der Waals surface area contributed by atoms with Crippen molar-refractivity contribution in [1.29, 1.82) is 0 Å². The van der Waals surface area contributed by atoms with Crippen LogP contribution in [0, 0.1) is 0 Å². The fourth-order valence-corrected chi connectivity index (χ4v) is 3.67. The molecule has 1 aliphatic rings. The summed E-state index contributed by atoms with van der Waals surface area (Å²) in [5.41, 5.74) is 5.59. The molecule has 0 unspecified atom stereocenters. The fraction of sp³-hybridized carbons (Fsp3) is 0.545. The van der Waals surface area contributed by atoms with Gasteiger partial charge >= 0.3 is 0 Å². The smallest absolute Gasteiger partial charge is 0.203 e. The van der Waals surface area contributed by atoms with Gasteiger partial charge in [-0.1, -0.05) is 11.3 Å². The van der Waals surface area contributed by atoms with Crippen molar-refractivity contribution in [2.45, 2.75) is 19.3 Å². The average Bonchev–Trinajstić information content (AvgIpc) is 3.07. The first-order valence-electron chi connectivity index (χ1n) is 6.08. The van der Waals surface area contributed by atoms with Crippen LogP contribution in [-0.4, -0.2) is 39.7 Å². The maximum atomic E-state index is 5.59. The second kappa shape index (κ2) is 5.29. The van der Waals surface area contributed by atoms with E-state index >= 15 is 0 Å². The van der Waals surface area contributed by atoms with Gasteiger partial charge in [-0.15, -0.1) is 21.5 Å². The molecule has 3 rings (SSSR count). The lowest BCUT2D eigenvalue weighted by molar-refractivity contribution is 0.343. The Balaban J connectivity index is 1.62. The first-order valence-corrected chi connectivity index (χ1v) is 7.71. The molecule has 0 amide bonds. The molecule has 0 spiro atoms. The molecule has 5 nitrogen and oxygen atoms in total. The summed E-state index contributed by atoms with van der Waals surface area (Å²) in [5, 5.41) is 10.4. The Morgan fingerprint density at radius 1 is 1.22 bits per heavy atom. The highest BCUT2D eigenvalue weighted by Gasteiger charge is 2.13. The maximum absolute atomic E-state index is 5.59. The Morgan fingerprint density at radius 2 is 2.06 bits per heavy atom. The highest BCUT2D eigenvalue weighted by Crippen LogP contribution is 2.29. The maximum Gasteiger partial charge on any atom is 0.203 e. The van der Waals surface area contributed by atoms with E-state index in [1.54, 1.807) is 11.3 Å². The van der Waals surface area contributed by atoms with Crippen LogP contribution in [0.5, 0.6) is 0 Å². The highest BCUT2D eigenvalue weighted by atomic mass is 32.1. The van der Waals surface area contributed by atoms with Gasteiger partial charge in [0.25, 0.3) is 0 Å². The number of likely N-dealkylation sites (tertiary alicyclic amines) is 1. The SMILES string of the molecule is Nc1nnc(-c2cnc(CCN3CCCC3)s2)s1. The van der Waals surface area contributed by atoms with E-state index < -0.39 is 0 Å². The first-order chi connectivity index (χ1) is 8.81. The summed E-state index contributed by atoms with van der Waals surface area (Å²) >= 11 is 3.11. The molecule has 0 bridgehead atoms. The van der Waals surface area contributed by atoms with Gasteiger partial charge < -0.3 is 10.6 Å². The second-order valence-corrected chi connectivity index (χ2v) is 6.49. The standard InChI is InChI=1S/C11H15N5S2/c12-11-15-14-10(18-11)8-7-13-9(17-8)3-6-16-4-1-2-5-16/h7H,1-6H2,(H2,12,15). The van der Waals surface area contributed by atoms with Crippen LogP contribution in [0.25, 0.3) is 9.88 Å². The molecule has 96 valence electrons. The number of nitrogens with two attached hydrogens (primary N) is 1. The van der Waals surface area contributed by atoms with Crippen LogP contribution in [0.4, 0.5) is 5.13 Å². The summed E-state index contributed by atoms with van der Waals surface area (Å²) in [6.07, 6.45) is 5.59. The lowest BCUT2D eigenvalue weighted by atomic mass is 10.4. The molecule has 3 heterocycles. The van der Waals surface area contributed by atoms with Crippen LogP contribution in [0.3, 0.4) is 0 Å². The lowest BCUT2D eigenvalue weighted by Gasteiger charge is -2.12. The molecular weight excluding hydrogens is 266 g/mol. The summed E-state index contributed by atoms with van der Waals surface area (Å²) < 4.78 is 0. The Bertz CT molecular complexity index is 515. The average molecular weight is 281 g/mol. The largest absolute Gasteiger partial charge is 0.374 e. The third-order valence-corrected chi connectivity index (χ3v) is 5.02. The Hall–Kier alpha value is -1.05. The second-order valence-electron chi connectivity index (χ2n) is 4.36. The molecule has 0 aromatic carbocycles. The van der Waals surface area contributed by atoms with Crippen LogP contribution in [0.1, 0.15) is 17.8 Å². The number of rotatable bonds is 4. The molecular formula is C11H15N5S2. The monoisotopic (exact) mass is 281 g/mol. The van der Waals surface area contributed by atoms with Gasteiger partial charge in [0, 0.05) is 19.2 Å². The summed E-state index contributed by atoms with van der Waals surface area (Å²) in [6, 6.07) is 0. The number of nitrogens with zero attached hydrogens (tertiary/aromatic N) is 4. The molecule has 0 saturated carbocycles. The first kappa shape index (κ1) is 12.0. The van der Waals surface area contributed by atoms with Crippen LogP contribution >= 0.6 is 22.7 Å². The van der Waals surface area contributed by atoms with Gasteiger partial charge in [0.1, 0.15) is 0 Å². The van der Waals surface area contributed by atoms with Crippen LogP contribution in [0.15, 0.2) is 6.20 Å². The van der Waals surface area contributed by atoms with Crippen LogP contribution in [-0.2, 0) is 6.42 Å². The van der Waals surface area contributed by atoms with E-state index in [9.17, 15) is 0 Å². The fourth-order valence-electron chi connectivity index (χ4n) is 2.12. The van der Waals surface area contributed by atoms with E-state index in [-0.39, 0.29) is 0 Å². The van der Waals surface area contributed by atoms with E-state index in [2.05, 4.69) is 20.1 Å². The van der Waals surface area contributed by atoms with E-state index in [4.69, 9.17) is 5.73 Å². The van der Waals surface area contributed by atoms with Gasteiger partial charge in [0.15, 0.2) is 5.01 Å². The van der Waals surface area contributed by atoms with Crippen LogP contribution in [0.2, 0.25) is 0 Å². The third kappa shape index (κ3) is 2.68. The summed E-state index contributed by atoms with van der Waals surface area (Å²) in [5.74, 6) is 0. The quantitative estimate of drug-likeness (QED) is 0.926. The van der Waals surface area contributed by atoms with Crippen molar-refractivity contribution in [3.63, 3.8) is 0 Å². The normalized spacial score (nSPS) is 16.4. The van der Waals surface area contributed by atoms with Crippen LogP contribution < -0.4 is 5.73 Å². The predicted molar refractivity (Wildman–Crippen MR) is 74.8 cm³/mol. The molecule has 2 aromatic heterocycles. The molecule has 2 N–H and O–H groups in total. The van der Waals surface area contributed by atoms with Crippen molar-refractivity contribution in [2.75, 3.05) is 25.4 Å². The molecule has 1 aliphatic heterocycles. The topological polar surface area (TPSA) is 67.9 Å². The summed E-state index contributed by atoms with van der Waals surface area (Å²) in [4.78, 5) is 8.03. The molecule has 18 heavy (non-hydrogen) atoms. The van der Waals surface area contributed by atoms with Crippen molar-refractivity contribution in [3.8, 4) is 9.88 Å². The van der Waals surface area contributed by atoms with Gasteiger partial charge in [0.2, 0.25) is 5.13 Å². The summed E-state index contributed by atoms with van der Waals surface area (Å²) in [7, 11) is 0. The zero-order chi connectivity index (χ0) is 12.4. The van der Waals surface area contributed by atoms with E-state index in [0.717, 1.165) is 22.9 Å². The Kier molecular flexibility index (Phi) is 3.53. The van der Waals surface area contributed by atoms with Crippen molar-refractivity contribution in [3.05, 3.63) is 11.2 Å². The third-order valence-electron chi connectivity index (χ3n) is 3.05. The molecule has 1 fully saturated rings. The van der Waals surface area contributed by atoms with Gasteiger partial charge in [-0.3, -0.25) is 0 Å². The number of hydrogen-bond acceptors (Lipinski definition) is 7. The zero-order valence-corrected chi connectivity index (χ0v) is 11.6. The predicted octanol–water partition coefficient (Wildman–Crippen LogP) is 1.88. The zero-order valence-electron chi connectivity index (χ0n) is 10.0. The lowest BCUT2D eigenvalue weighted by Crippen LogP contribution is -2.21. The minimum atomic E-state index is 0.511. The minimum Gasteiger partial charge on any atom is -0.374 e. The van der Waals surface area contributed by atoms with Gasteiger partial charge in [0.05, 0.1) is 9.88 Å². The van der Waals surface area contributed by atoms with E-state index in [0.29, 0.717) is 5.13 Å². The molecule has 0 radical (unpaired) electrons.